The molecule has 0 bridgehead atoms. The molecule has 2 nitrogen and oxygen atoms in total. The second-order valence-electron chi connectivity index (χ2n) is 3.15. The molecular formula is C9H12F3NO. The van der Waals surface area contributed by atoms with Gasteiger partial charge in [-0.1, -0.05) is 6.92 Å². The molecule has 0 aliphatic heterocycles. The van der Waals surface area contributed by atoms with Crippen molar-refractivity contribution in [3.8, 4) is 0 Å². The molecule has 0 amide bonds. The molecule has 80 valence electrons. The largest absolute Gasteiger partial charge is 0.456 e. The van der Waals surface area contributed by atoms with Crippen LogP contribution in [-0.2, 0) is 6.18 Å². The average molecular weight is 207 g/mol. The lowest BCUT2D eigenvalue weighted by atomic mass is 10.1. The van der Waals surface area contributed by atoms with Gasteiger partial charge >= 0.3 is 6.18 Å². The van der Waals surface area contributed by atoms with Crippen molar-refractivity contribution in [2.45, 2.75) is 32.5 Å². The smallest absolute Gasteiger partial charge is 0.449 e. The van der Waals surface area contributed by atoms with Crippen molar-refractivity contribution >= 4 is 0 Å². The van der Waals surface area contributed by atoms with Crippen LogP contribution in [0.5, 0.6) is 0 Å². The molecule has 0 aliphatic rings. The van der Waals surface area contributed by atoms with Crippen LogP contribution in [0, 0.1) is 6.92 Å². The summed E-state index contributed by atoms with van der Waals surface area (Å²) in [6, 6.07) is 0.723. The summed E-state index contributed by atoms with van der Waals surface area (Å²) in [5.74, 6) is -0.736. The molecule has 0 fully saturated rings. The molecular weight excluding hydrogens is 195 g/mol. The minimum atomic E-state index is -4.46. The zero-order valence-corrected chi connectivity index (χ0v) is 7.98. The van der Waals surface area contributed by atoms with Gasteiger partial charge in [-0.25, -0.2) is 0 Å². The molecule has 2 N–H and O–H groups in total. The number of halogens is 3. The molecule has 1 aromatic rings. The van der Waals surface area contributed by atoms with Crippen molar-refractivity contribution in [3.05, 3.63) is 23.2 Å². The fraction of sp³-hybridized carbons (Fsp3) is 0.556. The summed E-state index contributed by atoms with van der Waals surface area (Å²) in [5.41, 5.74) is 5.58. The molecule has 0 aromatic carbocycles. The number of hydrogen-bond acceptors (Lipinski definition) is 2. The molecule has 5 heteroatoms. The summed E-state index contributed by atoms with van der Waals surface area (Å²) >= 11 is 0. The Labute approximate surface area is 79.9 Å². The van der Waals surface area contributed by atoms with Gasteiger partial charge in [0.1, 0.15) is 5.76 Å². The first-order valence-electron chi connectivity index (χ1n) is 4.29. The van der Waals surface area contributed by atoms with E-state index in [0.29, 0.717) is 6.42 Å². The van der Waals surface area contributed by atoms with E-state index in [-0.39, 0.29) is 11.3 Å². The lowest BCUT2D eigenvalue weighted by molar-refractivity contribution is -0.154. The lowest BCUT2D eigenvalue weighted by Gasteiger charge is -2.10. The van der Waals surface area contributed by atoms with Crippen LogP contribution in [0.25, 0.3) is 0 Å². The number of aryl methyl sites for hydroxylation is 1. The summed E-state index contributed by atoms with van der Waals surface area (Å²) in [6.07, 6.45) is -4.02. The minimum absolute atomic E-state index is 0.0394. The van der Waals surface area contributed by atoms with Gasteiger partial charge in [0.15, 0.2) is 0 Å². The Hall–Kier alpha value is -0.970. The Morgan fingerprint density at radius 3 is 2.50 bits per heavy atom. The number of nitrogens with two attached hydrogens (primary N) is 1. The maximum Gasteiger partial charge on any atom is 0.449 e. The number of rotatable bonds is 2. The Balaban J connectivity index is 3.16. The first-order chi connectivity index (χ1) is 6.36. The predicted molar refractivity (Wildman–Crippen MR) is 45.7 cm³/mol. The van der Waals surface area contributed by atoms with Crippen LogP contribution in [0.3, 0.4) is 0 Å². The minimum Gasteiger partial charge on any atom is -0.456 e. The third-order valence-corrected chi connectivity index (χ3v) is 1.98. The van der Waals surface area contributed by atoms with Gasteiger partial charge in [-0.2, -0.15) is 13.2 Å². The van der Waals surface area contributed by atoms with Crippen molar-refractivity contribution in [2.75, 3.05) is 0 Å². The molecule has 1 atom stereocenters. The topological polar surface area (TPSA) is 39.2 Å². The first kappa shape index (κ1) is 11.1. The van der Waals surface area contributed by atoms with Crippen LogP contribution in [0.2, 0.25) is 0 Å². The van der Waals surface area contributed by atoms with Gasteiger partial charge in [0.05, 0.1) is 0 Å². The average Bonchev–Trinajstić information content (AvgIpc) is 2.45. The fourth-order valence-corrected chi connectivity index (χ4v) is 1.25. The van der Waals surface area contributed by atoms with Gasteiger partial charge in [-0.15, -0.1) is 0 Å². The van der Waals surface area contributed by atoms with E-state index in [2.05, 4.69) is 4.42 Å². The summed E-state index contributed by atoms with van der Waals surface area (Å²) in [7, 11) is 0. The summed E-state index contributed by atoms with van der Waals surface area (Å²) < 4.78 is 41.8. The van der Waals surface area contributed by atoms with Gasteiger partial charge in [-0.05, 0) is 19.4 Å². The third-order valence-electron chi connectivity index (χ3n) is 1.98. The number of furan rings is 1. The highest BCUT2D eigenvalue weighted by atomic mass is 19.4. The Bertz CT molecular complexity index is 316. The first-order valence-corrected chi connectivity index (χ1v) is 4.29. The fourth-order valence-electron chi connectivity index (χ4n) is 1.25. The third kappa shape index (κ3) is 2.09. The predicted octanol–water partition coefficient (Wildman–Crippen LogP) is 3.02. The molecule has 1 rings (SSSR count). The molecule has 0 radical (unpaired) electrons. The molecule has 0 unspecified atom stereocenters. The zero-order valence-electron chi connectivity index (χ0n) is 7.98. The molecule has 14 heavy (non-hydrogen) atoms. The van der Waals surface area contributed by atoms with Crippen molar-refractivity contribution < 1.29 is 17.6 Å². The normalized spacial score (nSPS) is 14.4. The molecule has 0 aliphatic carbocycles. The van der Waals surface area contributed by atoms with Gasteiger partial charge in [0, 0.05) is 11.6 Å². The van der Waals surface area contributed by atoms with E-state index >= 15 is 0 Å². The van der Waals surface area contributed by atoms with Crippen LogP contribution in [0.15, 0.2) is 10.5 Å². The van der Waals surface area contributed by atoms with E-state index in [9.17, 15) is 13.2 Å². The number of hydrogen-bond donors (Lipinski definition) is 1. The van der Waals surface area contributed by atoms with Crippen molar-refractivity contribution in [1.29, 1.82) is 0 Å². The maximum atomic E-state index is 12.4. The quantitative estimate of drug-likeness (QED) is 0.809. The number of alkyl halides is 3. The Morgan fingerprint density at radius 2 is 2.07 bits per heavy atom. The second-order valence-corrected chi connectivity index (χ2v) is 3.15. The van der Waals surface area contributed by atoms with Crippen molar-refractivity contribution in [2.24, 2.45) is 5.73 Å². The van der Waals surface area contributed by atoms with Crippen LogP contribution in [0.4, 0.5) is 13.2 Å². The summed E-state index contributed by atoms with van der Waals surface area (Å²) in [4.78, 5) is 0. The van der Waals surface area contributed by atoms with Gasteiger partial charge in [0.2, 0.25) is 5.76 Å². The summed E-state index contributed by atoms with van der Waals surface area (Å²) in [6.45, 7) is 3.20. The van der Waals surface area contributed by atoms with Crippen molar-refractivity contribution in [3.63, 3.8) is 0 Å². The summed E-state index contributed by atoms with van der Waals surface area (Å²) in [5, 5.41) is 0. The van der Waals surface area contributed by atoms with E-state index in [0.717, 1.165) is 0 Å². The SMILES string of the molecule is CC[C@@H](N)c1cc(C)oc1C(F)(F)F. The maximum absolute atomic E-state index is 12.4. The standard InChI is InChI=1S/C9H12F3NO/c1-3-7(13)6-4-5(2)14-8(6)9(10,11)12/h4,7H,3,13H2,1-2H3/t7-/m1/s1. The van der Waals surface area contributed by atoms with Crippen LogP contribution in [-0.4, -0.2) is 0 Å². The van der Waals surface area contributed by atoms with E-state index in [4.69, 9.17) is 5.73 Å². The monoisotopic (exact) mass is 207 g/mol. The highest BCUT2D eigenvalue weighted by Crippen LogP contribution is 2.36. The molecule has 1 heterocycles. The second kappa shape index (κ2) is 3.65. The molecule has 0 saturated heterocycles. The molecule has 0 saturated carbocycles. The van der Waals surface area contributed by atoms with Gasteiger partial charge in [0.25, 0.3) is 0 Å². The van der Waals surface area contributed by atoms with Crippen LogP contribution < -0.4 is 5.73 Å². The zero-order chi connectivity index (χ0) is 10.9. The van der Waals surface area contributed by atoms with E-state index < -0.39 is 18.0 Å². The van der Waals surface area contributed by atoms with E-state index in [1.165, 1.54) is 13.0 Å². The Kier molecular flexibility index (Phi) is 2.89. The molecule has 1 aromatic heterocycles. The highest BCUT2D eigenvalue weighted by Gasteiger charge is 2.39. The van der Waals surface area contributed by atoms with E-state index in [1.54, 1.807) is 6.92 Å². The van der Waals surface area contributed by atoms with Gasteiger partial charge in [-0.3, -0.25) is 0 Å². The molecule has 0 spiro atoms. The highest BCUT2D eigenvalue weighted by molar-refractivity contribution is 5.26. The van der Waals surface area contributed by atoms with Crippen LogP contribution >= 0.6 is 0 Å². The van der Waals surface area contributed by atoms with Crippen molar-refractivity contribution in [1.82, 2.24) is 0 Å². The lowest BCUT2D eigenvalue weighted by Crippen LogP contribution is -2.14. The van der Waals surface area contributed by atoms with E-state index in [1.807, 2.05) is 0 Å². The van der Waals surface area contributed by atoms with Crippen LogP contribution in [0.1, 0.15) is 36.5 Å². The van der Waals surface area contributed by atoms with Gasteiger partial charge < -0.3 is 10.2 Å². The Morgan fingerprint density at radius 1 is 1.50 bits per heavy atom.